The number of hydrogen-bond acceptors (Lipinski definition) is 2. The third kappa shape index (κ3) is 4.21. The molecule has 3 rings (SSSR count). The van der Waals surface area contributed by atoms with Crippen LogP contribution in [0.3, 0.4) is 0 Å². The van der Waals surface area contributed by atoms with Gasteiger partial charge in [0, 0.05) is 13.2 Å². The van der Waals surface area contributed by atoms with E-state index in [4.69, 9.17) is 4.74 Å². The number of hydrogen-bond donors (Lipinski definition) is 0. The van der Waals surface area contributed by atoms with Crippen molar-refractivity contribution in [2.45, 2.75) is 31.3 Å². The first kappa shape index (κ1) is 16.2. The van der Waals surface area contributed by atoms with Crippen molar-refractivity contribution >= 4 is 27.0 Å². The lowest BCUT2D eigenvalue weighted by molar-refractivity contribution is 0.116. The van der Waals surface area contributed by atoms with E-state index in [1.165, 1.54) is 11.1 Å². The van der Waals surface area contributed by atoms with Crippen molar-refractivity contribution in [3.63, 3.8) is 0 Å². The average Bonchev–Trinajstić information content (AvgIpc) is 2.97. The van der Waals surface area contributed by atoms with Gasteiger partial charge in [0.15, 0.2) is 0 Å². The van der Waals surface area contributed by atoms with E-state index in [-0.39, 0.29) is 0 Å². The maximum absolute atomic E-state index is 5.75. The molecular weight excluding hydrogens is 352 g/mol. The minimum Gasteiger partial charge on any atom is -0.377 e. The number of alkyl halides is 1. The van der Waals surface area contributed by atoms with E-state index >= 15 is 0 Å². The van der Waals surface area contributed by atoms with Crippen LogP contribution in [0.1, 0.15) is 24.2 Å². The second-order valence-corrected chi connectivity index (χ2v) is 6.11. The summed E-state index contributed by atoms with van der Waals surface area (Å²) >= 11 is 3.54. The van der Waals surface area contributed by atoms with Crippen LogP contribution in [-0.4, -0.2) is 16.2 Å². The molecule has 0 unspecified atom stereocenters. The molecule has 2 aromatic carbocycles. The third-order valence-corrected chi connectivity index (χ3v) is 4.39. The SMILES string of the molecule is BrCc1nc2ccccc2n1CCCCOCc1ccccc1. The predicted molar refractivity (Wildman–Crippen MR) is 97.7 cm³/mol. The highest BCUT2D eigenvalue weighted by atomic mass is 79.9. The largest absolute Gasteiger partial charge is 0.377 e. The number of rotatable bonds is 8. The quantitative estimate of drug-likeness (QED) is 0.414. The van der Waals surface area contributed by atoms with Crippen LogP contribution in [0.4, 0.5) is 0 Å². The Morgan fingerprint density at radius 1 is 0.957 bits per heavy atom. The van der Waals surface area contributed by atoms with Gasteiger partial charge in [-0.15, -0.1) is 0 Å². The van der Waals surface area contributed by atoms with Gasteiger partial charge < -0.3 is 9.30 Å². The summed E-state index contributed by atoms with van der Waals surface area (Å²) in [5.74, 6) is 1.09. The predicted octanol–water partition coefficient (Wildman–Crippen LogP) is 4.93. The highest BCUT2D eigenvalue weighted by molar-refractivity contribution is 9.08. The van der Waals surface area contributed by atoms with Crippen molar-refractivity contribution in [1.82, 2.24) is 9.55 Å². The van der Waals surface area contributed by atoms with Crippen molar-refractivity contribution in [2.75, 3.05) is 6.61 Å². The second-order valence-electron chi connectivity index (χ2n) is 5.55. The zero-order valence-corrected chi connectivity index (χ0v) is 14.7. The molecular formula is C19H21BrN2O. The summed E-state index contributed by atoms with van der Waals surface area (Å²) in [4.78, 5) is 4.67. The van der Waals surface area contributed by atoms with E-state index in [1.807, 2.05) is 24.3 Å². The van der Waals surface area contributed by atoms with Gasteiger partial charge in [0.2, 0.25) is 0 Å². The standard InChI is InChI=1S/C19H21BrN2O/c20-14-19-21-17-10-4-5-11-18(17)22(19)12-6-7-13-23-15-16-8-2-1-3-9-16/h1-5,8-11H,6-7,12-15H2. The van der Waals surface area contributed by atoms with Crippen LogP contribution < -0.4 is 0 Å². The fourth-order valence-electron chi connectivity index (χ4n) is 2.72. The van der Waals surface area contributed by atoms with Gasteiger partial charge in [0.1, 0.15) is 5.82 Å². The molecule has 0 aliphatic rings. The Morgan fingerprint density at radius 3 is 2.57 bits per heavy atom. The number of unbranched alkanes of at least 4 members (excludes halogenated alkanes) is 1. The van der Waals surface area contributed by atoms with Crippen LogP contribution in [0, 0.1) is 0 Å². The van der Waals surface area contributed by atoms with Crippen LogP contribution in [0.15, 0.2) is 54.6 Å². The topological polar surface area (TPSA) is 27.1 Å². The van der Waals surface area contributed by atoms with Gasteiger partial charge in [-0.05, 0) is 30.5 Å². The minimum atomic E-state index is 0.696. The molecule has 0 amide bonds. The normalized spacial score (nSPS) is 11.2. The van der Waals surface area contributed by atoms with Crippen molar-refractivity contribution in [2.24, 2.45) is 0 Å². The smallest absolute Gasteiger partial charge is 0.120 e. The monoisotopic (exact) mass is 372 g/mol. The van der Waals surface area contributed by atoms with Gasteiger partial charge in [-0.3, -0.25) is 0 Å². The molecule has 0 atom stereocenters. The molecule has 1 heterocycles. The first-order valence-corrected chi connectivity index (χ1v) is 9.12. The van der Waals surface area contributed by atoms with Crippen molar-refractivity contribution in [3.05, 3.63) is 66.0 Å². The van der Waals surface area contributed by atoms with E-state index in [2.05, 4.69) is 55.8 Å². The molecule has 0 saturated heterocycles. The first-order chi connectivity index (χ1) is 11.4. The summed E-state index contributed by atoms with van der Waals surface area (Å²) in [6.45, 7) is 2.48. The van der Waals surface area contributed by atoms with Crippen LogP contribution in [0.25, 0.3) is 11.0 Å². The van der Waals surface area contributed by atoms with Gasteiger partial charge in [-0.25, -0.2) is 4.98 Å². The summed E-state index contributed by atoms with van der Waals surface area (Å²) < 4.78 is 8.06. The van der Waals surface area contributed by atoms with E-state index in [9.17, 15) is 0 Å². The fourth-order valence-corrected chi connectivity index (χ4v) is 3.14. The number of aromatic nitrogens is 2. The molecule has 3 nitrogen and oxygen atoms in total. The third-order valence-electron chi connectivity index (χ3n) is 3.89. The molecule has 120 valence electrons. The van der Waals surface area contributed by atoms with Gasteiger partial charge in [0.25, 0.3) is 0 Å². The Bertz CT molecular complexity index is 739. The lowest BCUT2D eigenvalue weighted by Crippen LogP contribution is -2.04. The van der Waals surface area contributed by atoms with Crippen LogP contribution >= 0.6 is 15.9 Å². The molecule has 1 aromatic heterocycles. The Kier molecular flexibility index (Phi) is 5.83. The molecule has 0 N–H and O–H groups in total. The van der Waals surface area contributed by atoms with E-state index < -0.39 is 0 Å². The van der Waals surface area contributed by atoms with Gasteiger partial charge >= 0.3 is 0 Å². The molecule has 0 spiro atoms. The Morgan fingerprint density at radius 2 is 1.74 bits per heavy atom. The Balaban J connectivity index is 1.47. The maximum atomic E-state index is 5.75. The number of imidazole rings is 1. The number of halogens is 1. The van der Waals surface area contributed by atoms with Crippen molar-refractivity contribution in [1.29, 1.82) is 0 Å². The maximum Gasteiger partial charge on any atom is 0.120 e. The van der Waals surface area contributed by atoms with E-state index in [1.54, 1.807) is 0 Å². The highest BCUT2D eigenvalue weighted by Gasteiger charge is 2.08. The van der Waals surface area contributed by atoms with Crippen LogP contribution in [0.5, 0.6) is 0 Å². The lowest BCUT2D eigenvalue weighted by atomic mass is 10.2. The number of para-hydroxylation sites is 2. The number of fused-ring (bicyclic) bond motifs is 1. The molecule has 0 saturated carbocycles. The molecule has 0 radical (unpaired) electrons. The molecule has 23 heavy (non-hydrogen) atoms. The summed E-state index contributed by atoms with van der Waals surface area (Å²) in [5, 5.41) is 0.784. The van der Waals surface area contributed by atoms with E-state index in [0.717, 1.165) is 42.7 Å². The summed E-state index contributed by atoms with van der Waals surface area (Å²) in [5.41, 5.74) is 3.52. The van der Waals surface area contributed by atoms with Crippen molar-refractivity contribution in [3.8, 4) is 0 Å². The zero-order valence-electron chi connectivity index (χ0n) is 13.1. The number of nitrogens with zero attached hydrogens (tertiary/aromatic N) is 2. The second kappa shape index (κ2) is 8.27. The Labute approximate surface area is 145 Å². The fraction of sp³-hybridized carbons (Fsp3) is 0.316. The lowest BCUT2D eigenvalue weighted by Gasteiger charge is -2.08. The van der Waals surface area contributed by atoms with Crippen LogP contribution in [-0.2, 0) is 23.2 Å². The molecule has 3 aromatic rings. The zero-order chi connectivity index (χ0) is 15.9. The van der Waals surface area contributed by atoms with Gasteiger partial charge in [-0.1, -0.05) is 58.4 Å². The first-order valence-electron chi connectivity index (χ1n) is 8.00. The van der Waals surface area contributed by atoms with Gasteiger partial charge in [0.05, 0.1) is 23.0 Å². The summed E-state index contributed by atoms with van der Waals surface area (Å²) in [7, 11) is 0. The average molecular weight is 373 g/mol. The summed E-state index contributed by atoms with van der Waals surface area (Å²) in [6.07, 6.45) is 2.15. The number of ether oxygens (including phenoxy) is 1. The van der Waals surface area contributed by atoms with E-state index in [0.29, 0.717) is 6.61 Å². The highest BCUT2D eigenvalue weighted by Crippen LogP contribution is 2.18. The molecule has 0 fully saturated rings. The number of aryl methyl sites for hydroxylation is 1. The van der Waals surface area contributed by atoms with Crippen molar-refractivity contribution < 1.29 is 4.74 Å². The molecule has 4 heteroatoms. The minimum absolute atomic E-state index is 0.696. The molecule has 0 aliphatic carbocycles. The summed E-state index contributed by atoms with van der Waals surface area (Å²) in [6, 6.07) is 18.6. The van der Waals surface area contributed by atoms with Crippen LogP contribution in [0.2, 0.25) is 0 Å². The number of benzene rings is 2. The van der Waals surface area contributed by atoms with Gasteiger partial charge in [-0.2, -0.15) is 0 Å². The molecule has 0 bridgehead atoms. The molecule has 0 aliphatic heterocycles. The Hall–Kier alpha value is -1.65.